The Morgan fingerprint density at radius 1 is 1.05 bits per heavy atom. The first-order chi connectivity index (χ1) is 18.0. The second-order valence-corrected chi connectivity index (χ2v) is 10.9. The molecule has 0 unspecified atom stereocenters. The van der Waals surface area contributed by atoms with Gasteiger partial charge in [0.2, 0.25) is 5.95 Å². The minimum absolute atomic E-state index is 0.00610. The summed E-state index contributed by atoms with van der Waals surface area (Å²) in [5.74, 6) is 0.0339. The van der Waals surface area contributed by atoms with E-state index in [0.717, 1.165) is 56.6 Å². The minimum atomic E-state index is -0.954. The molecule has 0 spiro atoms. The quantitative estimate of drug-likeness (QED) is 0.331. The Bertz CT molecular complexity index is 1520. The van der Waals surface area contributed by atoms with Gasteiger partial charge < -0.3 is 24.0 Å². The van der Waals surface area contributed by atoms with E-state index in [-0.39, 0.29) is 5.75 Å². The number of esters is 1. The fraction of sp³-hybridized carbons (Fsp3) is 0.367. The van der Waals surface area contributed by atoms with Crippen LogP contribution < -0.4 is 4.90 Å². The molecule has 0 aliphatic carbocycles. The second-order valence-electron chi connectivity index (χ2n) is 10.9. The fourth-order valence-corrected chi connectivity index (χ4v) is 5.39. The molecule has 1 aliphatic heterocycles. The first-order valence-corrected chi connectivity index (χ1v) is 12.8. The normalized spacial score (nSPS) is 14.1. The molecule has 3 heterocycles. The van der Waals surface area contributed by atoms with Gasteiger partial charge in [-0.1, -0.05) is 29.8 Å². The molecule has 8 heteroatoms. The lowest BCUT2D eigenvalue weighted by Crippen LogP contribution is -2.32. The molecule has 4 aromatic rings. The third-order valence-electron chi connectivity index (χ3n) is 7.00. The molecule has 198 valence electrons. The lowest BCUT2D eigenvalue weighted by molar-refractivity contribution is -0.164. The zero-order valence-electron chi connectivity index (χ0n) is 23.0. The predicted molar refractivity (Wildman–Crippen MR) is 148 cm³/mol. The van der Waals surface area contributed by atoms with Crippen molar-refractivity contribution < 1.29 is 19.4 Å². The van der Waals surface area contributed by atoms with Gasteiger partial charge in [0.1, 0.15) is 0 Å². The number of aromatic hydroxyl groups is 1. The zero-order chi connectivity index (χ0) is 27.4. The average Bonchev–Trinajstić information content (AvgIpc) is 3.21. The smallest absolute Gasteiger partial charge is 0.339 e. The van der Waals surface area contributed by atoms with Crippen molar-refractivity contribution in [3.05, 3.63) is 65.1 Å². The molecule has 0 saturated carbocycles. The molecule has 0 fully saturated rings. The Morgan fingerprint density at radius 3 is 2.32 bits per heavy atom. The first kappa shape index (κ1) is 25.7. The van der Waals surface area contributed by atoms with Crippen molar-refractivity contribution in [2.45, 2.75) is 59.8 Å². The number of nitrogens with zero attached hydrogens (tertiary/aromatic N) is 4. The molecule has 0 radical (unpaired) electrons. The van der Waals surface area contributed by atoms with Crippen LogP contribution in [0.2, 0.25) is 0 Å². The van der Waals surface area contributed by atoms with Crippen molar-refractivity contribution in [1.29, 1.82) is 0 Å². The van der Waals surface area contributed by atoms with Crippen LogP contribution in [0.15, 0.2) is 42.7 Å². The summed E-state index contributed by atoms with van der Waals surface area (Å²) in [7, 11) is 1.39. The van der Waals surface area contributed by atoms with Crippen LogP contribution in [-0.4, -0.2) is 44.9 Å². The van der Waals surface area contributed by atoms with Crippen molar-refractivity contribution in [2.24, 2.45) is 0 Å². The molecule has 8 nitrogen and oxygen atoms in total. The van der Waals surface area contributed by atoms with Crippen LogP contribution in [0.4, 0.5) is 11.6 Å². The predicted octanol–water partition coefficient (Wildman–Crippen LogP) is 5.91. The topological polar surface area (TPSA) is 89.7 Å². The SMILES string of the molecule is COC(=O)[C@@H](OC(C)(C)C)c1c(C)c2c3c(cc(C)n3CCN2c2ncc(O)cn2)c1-c1ccc(C)cc1. The van der Waals surface area contributed by atoms with Crippen LogP contribution in [-0.2, 0) is 20.8 Å². The van der Waals surface area contributed by atoms with Crippen LogP contribution in [0.3, 0.4) is 0 Å². The number of methoxy groups -OCH3 is 1. The largest absolute Gasteiger partial charge is 0.505 e. The number of aromatic nitrogens is 3. The van der Waals surface area contributed by atoms with Crippen molar-refractivity contribution in [3.8, 4) is 16.9 Å². The summed E-state index contributed by atoms with van der Waals surface area (Å²) < 4.78 is 14.0. The molecule has 1 N–H and O–H groups in total. The lowest BCUT2D eigenvalue weighted by atomic mass is 9.87. The highest BCUT2D eigenvalue weighted by Gasteiger charge is 2.37. The molecule has 1 atom stereocenters. The number of benzene rings is 2. The highest BCUT2D eigenvalue weighted by Crippen LogP contribution is 2.49. The third-order valence-corrected chi connectivity index (χ3v) is 7.00. The van der Waals surface area contributed by atoms with Gasteiger partial charge in [0.15, 0.2) is 11.9 Å². The Kier molecular flexibility index (Phi) is 6.39. The van der Waals surface area contributed by atoms with Gasteiger partial charge in [-0.3, -0.25) is 0 Å². The molecule has 2 aromatic heterocycles. The Hall–Kier alpha value is -3.91. The standard InChI is InChI=1S/C30H34N4O4/c1-17-8-10-20(11-9-17)24-22-14-18(2)33-12-13-34(29-31-15-21(35)16-32-29)25(26(22)33)19(3)23(24)27(28(36)37-7)38-30(4,5)6/h8-11,14-16,27,35H,12-13H2,1-7H3/t27-/m0/s1. The summed E-state index contributed by atoms with van der Waals surface area (Å²) in [6.45, 7) is 13.4. The van der Waals surface area contributed by atoms with Crippen LogP contribution >= 0.6 is 0 Å². The number of carbonyl (C=O) groups is 1. The van der Waals surface area contributed by atoms with E-state index in [9.17, 15) is 9.90 Å². The van der Waals surface area contributed by atoms with E-state index >= 15 is 0 Å². The number of anilines is 2. The van der Waals surface area contributed by atoms with E-state index in [2.05, 4.69) is 63.6 Å². The number of ether oxygens (including phenoxy) is 2. The van der Waals surface area contributed by atoms with Gasteiger partial charge >= 0.3 is 5.97 Å². The fourth-order valence-electron chi connectivity index (χ4n) is 5.39. The van der Waals surface area contributed by atoms with Gasteiger partial charge in [-0.15, -0.1) is 0 Å². The molecule has 0 saturated heterocycles. The van der Waals surface area contributed by atoms with Crippen LogP contribution in [0.5, 0.6) is 5.75 Å². The van der Waals surface area contributed by atoms with Crippen molar-refractivity contribution >= 4 is 28.5 Å². The van der Waals surface area contributed by atoms with Crippen LogP contribution in [0.1, 0.15) is 49.3 Å². The molecular weight excluding hydrogens is 480 g/mol. The Morgan fingerprint density at radius 2 is 1.71 bits per heavy atom. The summed E-state index contributed by atoms with van der Waals surface area (Å²) in [5, 5.41) is 10.8. The molecule has 1 aliphatic rings. The Labute approximate surface area is 222 Å². The number of carbonyl (C=O) groups excluding carboxylic acids is 1. The van der Waals surface area contributed by atoms with Gasteiger partial charge in [0.05, 0.1) is 36.3 Å². The van der Waals surface area contributed by atoms with Crippen molar-refractivity contribution in [2.75, 3.05) is 18.6 Å². The maximum Gasteiger partial charge on any atom is 0.339 e. The second kappa shape index (κ2) is 9.44. The maximum atomic E-state index is 13.4. The molecular formula is C30H34N4O4. The number of hydrogen-bond donors (Lipinski definition) is 1. The maximum absolute atomic E-state index is 13.4. The highest BCUT2D eigenvalue weighted by molar-refractivity contribution is 6.08. The van der Waals surface area contributed by atoms with Crippen LogP contribution in [0.25, 0.3) is 22.0 Å². The van der Waals surface area contributed by atoms with E-state index in [1.54, 1.807) is 0 Å². The summed E-state index contributed by atoms with van der Waals surface area (Å²) in [4.78, 5) is 24.3. The van der Waals surface area contributed by atoms with Crippen molar-refractivity contribution in [3.63, 3.8) is 0 Å². The summed E-state index contributed by atoms with van der Waals surface area (Å²) in [5.41, 5.74) is 7.26. The summed E-state index contributed by atoms with van der Waals surface area (Å²) >= 11 is 0. The van der Waals surface area contributed by atoms with Gasteiger partial charge in [0.25, 0.3) is 0 Å². The molecule has 38 heavy (non-hydrogen) atoms. The first-order valence-electron chi connectivity index (χ1n) is 12.8. The number of rotatable bonds is 5. The van der Waals surface area contributed by atoms with E-state index in [1.165, 1.54) is 19.5 Å². The highest BCUT2D eigenvalue weighted by atomic mass is 16.6. The average molecular weight is 515 g/mol. The Balaban J connectivity index is 1.91. The van der Waals surface area contributed by atoms with Crippen molar-refractivity contribution in [1.82, 2.24) is 14.5 Å². The minimum Gasteiger partial charge on any atom is -0.505 e. The molecule has 0 bridgehead atoms. The van der Waals surface area contributed by atoms with E-state index in [4.69, 9.17) is 9.47 Å². The van der Waals surface area contributed by atoms with Gasteiger partial charge in [-0.2, -0.15) is 0 Å². The van der Waals surface area contributed by atoms with E-state index in [1.807, 2.05) is 27.7 Å². The summed E-state index contributed by atoms with van der Waals surface area (Å²) in [6, 6.07) is 10.5. The van der Waals surface area contributed by atoms with Gasteiger partial charge in [0, 0.05) is 29.7 Å². The third kappa shape index (κ3) is 4.39. The monoisotopic (exact) mass is 514 g/mol. The van der Waals surface area contributed by atoms with Crippen LogP contribution in [0, 0.1) is 20.8 Å². The lowest BCUT2D eigenvalue weighted by Gasteiger charge is -2.35. The molecule has 5 rings (SSSR count). The van der Waals surface area contributed by atoms with E-state index < -0.39 is 17.7 Å². The molecule has 2 aromatic carbocycles. The van der Waals surface area contributed by atoms with Gasteiger partial charge in [-0.05, 0) is 64.3 Å². The number of aryl methyl sites for hydroxylation is 2. The van der Waals surface area contributed by atoms with E-state index in [0.29, 0.717) is 12.5 Å². The zero-order valence-corrected chi connectivity index (χ0v) is 23.0. The van der Waals surface area contributed by atoms with Gasteiger partial charge in [-0.25, -0.2) is 14.8 Å². The number of hydrogen-bond acceptors (Lipinski definition) is 7. The molecule has 0 amide bonds. The summed E-state index contributed by atoms with van der Waals surface area (Å²) in [6.07, 6.45) is 1.84.